The number of pyridine rings is 1. The van der Waals surface area contributed by atoms with Gasteiger partial charge in [0, 0.05) is 53.8 Å². The largest absolute Gasteiger partial charge is 0.456 e. The maximum absolute atomic E-state index is 12.4. The molecule has 1 fully saturated rings. The number of aryl methyl sites for hydroxylation is 2. The second kappa shape index (κ2) is 7.94. The van der Waals surface area contributed by atoms with Crippen LogP contribution in [0.5, 0.6) is 11.5 Å². The average Bonchev–Trinajstić information content (AvgIpc) is 3.30. The Morgan fingerprint density at radius 2 is 1.67 bits per heavy atom. The van der Waals surface area contributed by atoms with Gasteiger partial charge in [-0.05, 0) is 55.0 Å². The molecule has 8 heteroatoms. The topological polar surface area (TPSA) is 84.4 Å². The van der Waals surface area contributed by atoms with Gasteiger partial charge < -0.3 is 14.3 Å². The molecule has 166 valence electrons. The van der Waals surface area contributed by atoms with Crippen LogP contribution in [0.1, 0.15) is 18.4 Å². The van der Waals surface area contributed by atoms with Crippen LogP contribution in [0.4, 0.5) is 5.69 Å². The van der Waals surface area contributed by atoms with Gasteiger partial charge in [-0.15, -0.1) is 0 Å². The maximum atomic E-state index is 12.4. The summed E-state index contributed by atoms with van der Waals surface area (Å²) in [6, 6.07) is 12.4. The molecule has 1 saturated heterocycles. The van der Waals surface area contributed by atoms with Gasteiger partial charge in [-0.3, -0.25) is 19.3 Å². The molecule has 5 rings (SSSR count). The van der Waals surface area contributed by atoms with Crippen molar-refractivity contribution in [1.29, 1.82) is 0 Å². The van der Waals surface area contributed by atoms with Crippen molar-refractivity contribution in [2.45, 2.75) is 19.8 Å². The third-order valence-electron chi connectivity index (χ3n) is 5.82. The number of ether oxygens (including phenoxy) is 1. The zero-order valence-corrected chi connectivity index (χ0v) is 18.8. The molecule has 2 amide bonds. The highest BCUT2D eigenvalue weighted by Gasteiger charge is 2.31. The number of aromatic amines is 1. The number of hydrogen-bond acceptors (Lipinski definition) is 4. The molecule has 0 radical (unpaired) electrons. The Balaban J connectivity index is 1.72. The third-order valence-corrected chi connectivity index (χ3v) is 6.06. The number of benzene rings is 2. The SMILES string of the molecule is Cc1cc(Cl)ccc1Oc1ccc(N2C(=O)CCC2=O)cc1-c1cn(C)c2c(=O)[nH]ccc12. The van der Waals surface area contributed by atoms with Gasteiger partial charge in [0.25, 0.3) is 5.56 Å². The highest BCUT2D eigenvalue weighted by atomic mass is 35.5. The third kappa shape index (κ3) is 3.60. The highest BCUT2D eigenvalue weighted by Crippen LogP contribution is 2.41. The number of halogens is 1. The molecule has 2 aromatic carbocycles. The summed E-state index contributed by atoms with van der Waals surface area (Å²) in [6.07, 6.45) is 3.82. The summed E-state index contributed by atoms with van der Waals surface area (Å²) in [6.45, 7) is 1.90. The molecular weight excluding hydrogens is 442 g/mol. The van der Waals surface area contributed by atoms with E-state index in [1.165, 1.54) is 4.90 Å². The normalized spacial score (nSPS) is 13.8. The number of anilines is 1. The quantitative estimate of drug-likeness (QED) is 0.436. The fourth-order valence-corrected chi connectivity index (χ4v) is 4.47. The van der Waals surface area contributed by atoms with E-state index in [1.807, 2.05) is 25.3 Å². The summed E-state index contributed by atoms with van der Waals surface area (Å²) >= 11 is 6.09. The number of carbonyl (C=O) groups is 2. The zero-order valence-electron chi connectivity index (χ0n) is 18.0. The second-order valence-corrected chi connectivity index (χ2v) is 8.47. The van der Waals surface area contributed by atoms with Crippen LogP contribution in [-0.4, -0.2) is 21.4 Å². The minimum atomic E-state index is -0.234. The van der Waals surface area contributed by atoms with E-state index in [1.54, 1.807) is 48.1 Å². The lowest BCUT2D eigenvalue weighted by Gasteiger charge is -2.18. The summed E-state index contributed by atoms with van der Waals surface area (Å²) in [5.74, 6) is 0.681. The number of amides is 2. The molecule has 0 bridgehead atoms. The van der Waals surface area contributed by atoms with Crippen molar-refractivity contribution in [2.24, 2.45) is 7.05 Å². The number of imide groups is 1. The smallest absolute Gasteiger partial charge is 0.272 e. The summed E-state index contributed by atoms with van der Waals surface area (Å²) < 4.78 is 8.02. The van der Waals surface area contributed by atoms with Crippen LogP contribution in [-0.2, 0) is 16.6 Å². The fourth-order valence-electron chi connectivity index (χ4n) is 4.25. The van der Waals surface area contributed by atoms with Crippen LogP contribution >= 0.6 is 11.6 Å². The molecule has 4 aromatic rings. The van der Waals surface area contributed by atoms with Crippen molar-refractivity contribution < 1.29 is 14.3 Å². The first-order valence-electron chi connectivity index (χ1n) is 10.4. The Hall–Kier alpha value is -3.84. The summed E-state index contributed by atoms with van der Waals surface area (Å²) in [4.78, 5) is 41.1. The first-order chi connectivity index (χ1) is 15.8. The minimum Gasteiger partial charge on any atom is -0.456 e. The molecule has 1 N–H and O–H groups in total. The van der Waals surface area contributed by atoms with Crippen molar-refractivity contribution in [3.8, 4) is 22.6 Å². The predicted molar refractivity (Wildman–Crippen MR) is 127 cm³/mol. The van der Waals surface area contributed by atoms with Crippen LogP contribution in [0.3, 0.4) is 0 Å². The van der Waals surface area contributed by atoms with Crippen LogP contribution in [0.15, 0.2) is 59.7 Å². The highest BCUT2D eigenvalue weighted by molar-refractivity contribution is 6.30. The summed E-state index contributed by atoms with van der Waals surface area (Å²) in [5.41, 5.74) is 3.04. The molecule has 33 heavy (non-hydrogen) atoms. The zero-order chi connectivity index (χ0) is 23.3. The molecule has 0 aliphatic carbocycles. The number of rotatable bonds is 4. The second-order valence-electron chi connectivity index (χ2n) is 8.04. The number of fused-ring (bicyclic) bond motifs is 1. The summed E-state index contributed by atoms with van der Waals surface area (Å²) in [7, 11) is 1.79. The fraction of sp³-hybridized carbons (Fsp3) is 0.160. The van der Waals surface area contributed by atoms with E-state index >= 15 is 0 Å². The van der Waals surface area contributed by atoms with Gasteiger partial charge in [0.15, 0.2) is 0 Å². The Morgan fingerprint density at radius 1 is 0.939 bits per heavy atom. The number of carbonyl (C=O) groups excluding carboxylic acids is 2. The lowest BCUT2D eigenvalue weighted by atomic mass is 10.0. The number of nitrogens with one attached hydrogen (secondary N) is 1. The lowest BCUT2D eigenvalue weighted by Crippen LogP contribution is -2.28. The number of aromatic nitrogens is 2. The van der Waals surface area contributed by atoms with Crippen molar-refractivity contribution in [3.63, 3.8) is 0 Å². The monoisotopic (exact) mass is 461 g/mol. The van der Waals surface area contributed by atoms with E-state index in [9.17, 15) is 14.4 Å². The Kier molecular flexibility index (Phi) is 5.06. The molecule has 0 saturated carbocycles. The van der Waals surface area contributed by atoms with Gasteiger partial charge in [-0.25, -0.2) is 0 Å². The first kappa shape index (κ1) is 21.0. The van der Waals surface area contributed by atoms with E-state index in [2.05, 4.69) is 4.98 Å². The van der Waals surface area contributed by atoms with Gasteiger partial charge in [0.05, 0.1) is 5.69 Å². The molecule has 1 aliphatic rings. The Labute approximate surface area is 194 Å². The molecule has 7 nitrogen and oxygen atoms in total. The maximum Gasteiger partial charge on any atom is 0.272 e. The standard InChI is InChI=1S/C25H20ClN3O4/c1-14-11-15(26)3-5-20(14)33-21-6-4-16(29-22(30)7-8-23(29)31)12-18(21)19-13-28(2)24-17(19)9-10-27-25(24)32/h3-6,9-13H,7-8H2,1-2H3,(H,27,32). The van der Waals surface area contributed by atoms with Gasteiger partial charge in [-0.1, -0.05) is 11.6 Å². The molecular formula is C25H20ClN3O4. The Morgan fingerprint density at radius 3 is 2.39 bits per heavy atom. The van der Waals surface area contributed by atoms with Crippen LogP contribution in [0, 0.1) is 6.92 Å². The molecule has 0 unspecified atom stereocenters. The number of H-pyrrole nitrogens is 1. The predicted octanol–water partition coefficient (Wildman–Crippen LogP) is 4.94. The van der Waals surface area contributed by atoms with E-state index in [-0.39, 0.29) is 30.2 Å². The van der Waals surface area contributed by atoms with Crippen LogP contribution in [0.2, 0.25) is 5.02 Å². The molecule has 1 aliphatic heterocycles. The van der Waals surface area contributed by atoms with Gasteiger partial charge in [0.1, 0.15) is 17.0 Å². The molecule has 3 heterocycles. The van der Waals surface area contributed by atoms with Crippen molar-refractivity contribution in [3.05, 3.63) is 75.8 Å². The van der Waals surface area contributed by atoms with Gasteiger partial charge in [0.2, 0.25) is 11.8 Å². The molecule has 2 aromatic heterocycles. The van der Waals surface area contributed by atoms with Gasteiger partial charge >= 0.3 is 0 Å². The molecule has 0 atom stereocenters. The van der Waals surface area contributed by atoms with E-state index in [0.29, 0.717) is 33.3 Å². The Bertz CT molecular complexity index is 1490. The van der Waals surface area contributed by atoms with Gasteiger partial charge in [-0.2, -0.15) is 0 Å². The van der Waals surface area contributed by atoms with Crippen molar-refractivity contribution in [2.75, 3.05) is 4.90 Å². The van der Waals surface area contributed by atoms with E-state index in [0.717, 1.165) is 16.5 Å². The summed E-state index contributed by atoms with van der Waals surface area (Å²) in [5, 5.41) is 1.34. The number of hydrogen-bond donors (Lipinski definition) is 1. The lowest BCUT2D eigenvalue weighted by molar-refractivity contribution is -0.121. The minimum absolute atomic E-state index is 0.194. The first-order valence-corrected chi connectivity index (χ1v) is 10.8. The van der Waals surface area contributed by atoms with Crippen molar-refractivity contribution >= 4 is 40.0 Å². The van der Waals surface area contributed by atoms with E-state index < -0.39 is 0 Å². The average molecular weight is 462 g/mol. The number of nitrogens with zero attached hydrogens (tertiary/aromatic N) is 2. The van der Waals surface area contributed by atoms with E-state index in [4.69, 9.17) is 16.3 Å². The molecule has 0 spiro atoms. The van der Waals surface area contributed by atoms with Crippen LogP contribution < -0.4 is 15.2 Å². The van der Waals surface area contributed by atoms with Crippen molar-refractivity contribution in [1.82, 2.24) is 9.55 Å². The van der Waals surface area contributed by atoms with Crippen LogP contribution in [0.25, 0.3) is 22.0 Å².